The van der Waals surface area contributed by atoms with Crippen LogP contribution in [-0.4, -0.2) is 11.6 Å². The maximum atomic E-state index is 12.3. The van der Waals surface area contributed by atoms with Crippen LogP contribution in [-0.2, 0) is 0 Å². The van der Waals surface area contributed by atoms with Crippen LogP contribution in [0.3, 0.4) is 0 Å². The fraction of sp³-hybridized carbons (Fsp3) is 0.0588. The van der Waals surface area contributed by atoms with E-state index in [-0.39, 0.29) is 5.91 Å². The summed E-state index contributed by atoms with van der Waals surface area (Å²) in [4.78, 5) is 12.8. The number of thiophene rings is 1. The molecule has 0 fully saturated rings. The van der Waals surface area contributed by atoms with Gasteiger partial charge in [-0.3, -0.25) is 4.79 Å². The van der Waals surface area contributed by atoms with Crippen LogP contribution in [0.4, 0.5) is 5.69 Å². The molecule has 23 heavy (non-hydrogen) atoms. The second kappa shape index (κ2) is 6.40. The zero-order valence-corrected chi connectivity index (χ0v) is 13.9. The van der Waals surface area contributed by atoms with Gasteiger partial charge in [0.1, 0.15) is 4.88 Å². The lowest BCUT2D eigenvalue weighted by Gasteiger charge is -2.02. The summed E-state index contributed by atoms with van der Waals surface area (Å²) < 4.78 is 0.974. The van der Waals surface area contributed by atoms with Crippen molar-refractivity contribution in [2.24, 2.45) is 5.10 Å². The highest BCUT2D eigenvalue weighted by Crippen LogP contribution is 2.34. The number of rotatable bonds is 3. The van der Waals surface area contributed by atoms with Crippen molar-refractivity contribution in [2.45, 2.75) is 6.92 Å². The lowest BCUT2D eigenvalue weighted by Crippen LogP contribution is -2.18. The number of hydrogen-bond donors (Lipinski definition) is 2. The minimum atomic E-state index is -0.314. The second-order valence-corrected chi connectivity index (χ2v) is 6.43. The molecule has 0 bridgehead atoms. The minimum Gasteiger partial charge on any atom is -0.399 e. The molecule has 1 amide bonds. The molecule has 1 heterocycles. The Kier molecular flexibility index (Phi) is 4.32. The van der Waals surface area contributed by atoms with E-state index in [4.69, 9.17) is 17.3 Å². The van der Waals surface area contributed by atoms with Gasteiger partial charge in [0, 0.05) is 15.8 Å². The van der Waals surface area contributed by atoms with E-state index in [1.54, 1.807) is 12.1 Å². The van der Waals surface area contributed by atoms with E-state index in [0.717, 1.165) is 15.6 Å². The first kappa shape index (κ1) is 15.5. The first-order chi connectivity index (χ1) is 11.1. The van der Waals surface area contributed by atoms with Gasteiger partial charge in [0.25, 0.3) is 5.91 Å². The molecule has 1 aromatic heterocycles. The van der Waals surface area contributed by atoms with E-state index >= 15 is 0 Å². The smallest absolute Gasteiger partial charge is 0.283 e. The zero-order chi connectivity index (χ0) is 16.4. The molecule has 3 rings (SSSR count). The summed E-state index contributed by atoms with van der Waals surface area (Å²) in [6.07, 6.45) is 0. The number of hydrazone groups is 1. The average molecular weight is 344 g/mol. The number of nitrogens with two attached hydrogens (primary N) is 1. The quantitative estimate of drug-likeness (QED) is 0.423. The first-order valence-corrected chi connectivity index (χ1v) is 8.13. The number of nitrogens with one attached hydrogen (secondary N) is 1. The summed E-state index contributed by atoms with van der Waals surface area (Å²) in [5, 5.41) is 5.48. The van der Waals surface area contributed by atoms with Crippen molar-refractivity contribution in [3.8, 4) is 0 Å². The number of halogens is 1. The molecule has 2 aromatic carbocycles. The van der Waals surface area contributed by atoms with E-state index in [0.29, 0.717) is 21.3 Å². The van der Waals surface area contributed by atoms with Gasteiger partial charge in [-0.05, 0) is 30.7 Å². The lowest BCUT2D eigenvalue weighted by molar-refractivity contribution is 0.0959. The Morgan fingerprint density at radius 3 is 2.57 bits per heavy atom. The molecule has 0 atom stereocenters. The predicted octanol–water partition coefficient (Wildman–Crippen LogP) is 4.29. The van der Waals surface area contributed by atoms with Crippen LogP contribution in [0.2, 0.25) is 5.02 Å². The van der Waals surface area contributed by atoms with Gasteiger partial charge in [0.15, 0.2) is 0 Å². The Labute approximate surface area is 142 Å². The molecule has 3 N–H and O–H groups in total. The van der Waals surface area contributed by atoms with Crippen molar-refractivity contribution < 1.29 is 4.79 Å². The molecular weight excluding hydrogens is 330 g/mol. The first-order valence-electron chi connectivity index (χ1n) is 6.94. The summed E-state index contributed by atoms with van der Waals surface area (Å²) in [6, 6.07) is 14.9. The summed E-state index contributed by atoms with van der Waals surface area (Å²) >= 11 is 7.64. The maximum Gasteiger partial charge on any atom is 0.283 e. The van der Waals surface area contributed by atoms with Crippen molar-refractivity contribution >= 4 is 50.3 Å². The SMILES string of the molecule is C/C(=N\NC(=O)c1sc2ccccc2c1Cl)c1ccc(N)cc1. The van der Waals surface area contributed by atoms with Gasteiger partial charge in [-0.25, -0.2) is 5.43 Å². The Morgan fingerprint density at radius 1 is 1.17 bits per heavy atom. The van der Waals surface area contributed by atoms with Crippen LogP contribution < -0.4 is 11.2 Å². The maximum absolute atomic E-state index is 12.3. The molecule has 0 unspecified atom stereocenters. The van der Waals surface area contributed by atoms with Gasteiger partial charge in [-0.2, -0.15) is 5.10 Å². The fourth-order valence-electron chi connectivity index (χ4n) is 2.13. The van der Waals surface area contributed by atoms with Gasteiger partial charge in [-0.1, -0.05) is 41.9 Å². The number of nitrogens with zero attached hydrogens (tertiary/aromatic N) is 1. The Balaban J connectivity index is 1.81. The van der Waals surface area contributed by atoms with E-state index in [2.05, 4.69) is 10.5 Å². The number of anilines is 1. The third-order valence-corrected chi connectivity index (χ3v) is 5.07. The summed E-state index contributed by atoms with van der Waals surface area (Å²) in [6.45, 7) is 1.82. The fourth-order valence-corrected chi connectivity index (χ4v) is 3.54. The highest BCUT2D eigenvalue weighted by molar-refractivity contribution is 7.21. The van der Waals surface area contributed by atoms with Crippen LogP contribution in [0.5, 0.6) is 0 Å². The Morgan fingerprint density at radius 2 is 1.87 bits per heavy atom. The number of carbonyl (C=O) groups is 1. The van der Waals surface area contributed by atoms with Gasteiger partial charge < -0.3 is 5.73 Å². The van der Waals surface area contributed by atoms with E-state index in [1.807, 2.05) is 43.3 Å². The number of fused-ring (bicyclic) bond motifs is 1. The standard InChI is InChI=1S/C17H14ClN3OS/c1-10(11-6-8-12(19)9-7-11)20-21-17(22)16-15(18)13-4-2-3-5-14(13)23-16/h2-9H,19H2,1H3,(H,21,22)/b20-10+. The van der Waals surface area contributed by atoms with Crippen molar-refractivity contribution in [3.63, 3.8) is 0 Å². The van der Waals surface area contributed by atoms with Crippen molar-refractivity contribution in [1.29, 1.82) is 0 Å². The number of hydrogen-bond acceptors (Lipinski definition) is 4. The third kappa shape index (κ3) is 3.21. The normalized spacial score (nSPS) is 11.7. The van der Waals surface area contributed by atoms with Gasteiger partial charge in [0.05, 0.1) is 10.7 Å². The molecule has 0 aliphatic rings. The summed E-state index contributed by atoms with van der Waals surface area (Å²) in [5.74, 6) is -0.314. The molecule has 0 aliphatic carbocycles. The number of carbonyl (C=O) groups excluding carboxylic acids is 1. The van der Waals surface area contributed by atoms with E-state index < -0.39 is 0 Å². The monoisotopic (exact) mass is 343 g/mol. The van der Waals surface area contributed by atoms with Crippen molar-refractivity contribution in [1.82, 2.24) is 5.43 Å². The van der Waals surface area contributed by atoms with E-state index in [9.17, 15) is 4.79 Å². The number of benzene rings is 2. The molecule has 4 nitrogen and oxygen atoms in total. The number of amides is 1. The van der Waals surface area contributed by atoms with E-state index in [1.165, 1.54) is 11.3 Å². The Bertz CT molecular complexity index is 900. The molecule has 0 radical (unpaired) electrons. The lowest BCUT2D eigenvalue weighted by atomic mass is 10.1. The zero-order valence-electron chi connectivity index (χ0n) is 12.3. The highest BCUT2D eigenvalue weighted by atomic mass is 35.5. The van der Waals surface area contributed by atoms with Crippen LogP contribution in [0, 0.1) is 0 Å². The average Bonchev–Trinajstić information content (AvgIpc) is 2.90. The summed E-state index contributed by atoms with van der Waals surface area (Å²) in [7, 11) is 0. The molecule has 6 heteroatoms. The second-order valence-electron chi connectivity index (χ2n) is 5.00. The van der Waals surface area contributed by atoms with Crippen molar-refractivity contribution in [3.05, 3.63) is 64.0 Å². The molecule has 0 saturated heterocycles. The Hall–Kier alpha value is -2.37. The van der Waals surface area contributed by atoms with Gasteiger partial charge >= 0.3 is 0 Å². The van der Waals surface area contributed by atoms with Crippen LogP contribution in [0.1, 0.15) is 22.2 Å². The molecule has 0 spiro atoms. The minimum absolute atomic E-state index is 0.314. The molecule has 3 aromatic rings. The summed E-state index contributed by atoms with van der Waals surface area (Å²) in [5.41, 5.74) is 10.5. The third-order valence-electron chi connectivity index (χ3n) is 3.39. The molecule has 0 saturated carbocycles. The number of nitrogen functional groups attached to an aromatic ring is 1. The largest absolute Gasteiger partial charge is 0.399 e. The van der Waals surface area contributed by atoms with Crippen LogP contribution in [0.25, 0.3) is 10.1 Å². The van der Waals surface area contributed by atoms with Crippen molar-refractivity contribution in [2.75, 3.05) is 5.73 Å². The predicted molar refractivity (Wildman–Crippen MR) is 97.4 cm³/mol. The molecule has 0 aliphatic heterocycles. The van der Waals surface area contributed by atoms with Gasteiger partial charge in [0.2, 0.25) is 0 Å². The highest BCUT2D eigenvalue weighted by Gasteiger charge is 2.16. The van der Waals surface area contributed by atoms with Crippen LogP contribution >= 0.6 is 22.9 Å². The van der Waals surface area contributed by atoms with Crippen LogP contribution in [0.15, 0.2) is 53.6 Å². The topological polar surface area (TPSA) is 67.5 Å². The molecular formula is C17H14ClN3OS. The van der Waals surface area contributed by atoms with Gasteiger partial charge in [-0.15, -0.1) is 11.3 Å². The molecule has 116 valence electrons.